The maximum absolute atomic E-state index is 12.2. The summed E-state index contributed by atoms with van der Waals surface area (Å²) >= 11 is 5.84. The second-order valence-corrected chi connectivity index (χ2v) is 5.28. The molecule has 1 rings (SSSR count). The molecule has 4 nitrogen and oxygen atoms in total. The first kappa shape index (κ1) is 16.0. The van der Waals surface area contributed by atoms with E-state index < -0.39 is 6.04 Å². The summed E-state index contributed by atoms with van der Waals surface area (Å²) in [5.41, 5.74) is 0.867. The Balaban J connectivity index is 2.88. The monoisotopic (exact) mass is 285 g/mol. The van der Waals surface area contributed by atoms with Crippen molar-refractivity contribution < 1.29 is 15.0 Å². The molecule has 1 aromatic rings. The van der Waals surface area contributed by atoms with E-state index >= 15 is 0 Å². The Morgan fingerprint density at radius 3 is 2.16 bits per heavy atom. The molecule has 3 N–H and O–H groups in total. The van der Waals surface area contributed by atoms with Crippen molar-refractivity contribution in [2.24, 2.45) is 5.92 Å². The summed E-state index contributed by atoms with van der Waals surface area (Å²) < 4.78 is 0. The summed E-state index contributed by atoms with van der Waals surface area (Å²) in [6, 6.07) is 6.50. The predicted molar refractivity (Wildman–Crippen MR) is 75.1 cm³/mol. The number of benzene rings is 1. The number of rotatable bonds is 6. The van der Waals surface area contributed by atoms with E-state index in [-0.39, 0.29) is 31.0 Å². The van der Waals surface area contributed by atoms with Gasteiger partial charge in [0.05, 0.1) is 25.2 Å². The molecule has 0 bridgehead atoms. The van der Waals surface area contributed by atoms with Crippen molar-refractivity contribution >= 4 is 17.5 Å². The van der Waals surface area contributed by atoms with Crippen molar-refractivity contribution in [1.29, 1.82) is 0 Å². The zero-order valence-corrected chi connectivity index (χ0v) is 11.9. The van der Waals surface area contributed by atoms with Crippen molar-refractivity contribution in [3.05, 3.63) is 34.9 Å². The van der Waals surface area contributed by atoms with Crippen LogP contribution in [0.3, 0.4) is 0 Å². The third-order valence-electron chi connectivity index (χ3n) is 2.97. The number of carbonyl (C=O) groups excluding carboxylic acids is 1. The van der Waals surface area contributed by atoms with Crippen LogP contribution < -0.4 is 5.32 Å². The fourth-order valence-corrected chi connectivity index (χ4v) is 2.08. The average Bonchev–Trinajstić information content (AvgIpc) is 2.38. The van der Waals surface area contributed by atoms with Crippen LogP contribution in [0, 0.1) is 5.92 Å². The standard InChI is InChI=1S/C14H20ClNO3/c1-9(2)13(10-3-5-11(15)6-4-10)14(19)16-12(7-17)8-18/h3-6,9,12-13,17-18H,7-8H2,1-2H3,(H,16,19). The Kier molecular flexibility index (Phi) is 6.28. The Hall–Kier alpha value is -1.10. The van der Waals surface area contributed by atoms with Gasteiger partial charge in [-0.2, -0.15) is 0 Å². The Bertz CT molecular complexity index is 402. The van der Waals surface area contributed by atoms with Gasteiger partial charge in [-0.05, 0) is 23.6 Å². The molecule has 1 unspecified atom stereocenters. The molecule has 0 aliphatic rings. The highest BCUT2D eigenvalue weighted by Crippen LogP contribution is 2.26. The highest BCUT2D eigenvalue weighted by atomic mass is 35.5. The van der Waals surface area contributed by atoms with Gasteiger partial charge in [0.15, 0.2) is 0 Å². The SMILES string of the molecule is CC(C)C(C(=O)NC(CO)CO)c1ccc(Cl)cc1. The Labute approximate surface area is 118 Å². The van der Waals surface area contributed by atoms with Crippen LogP contribution in [0.5, 0.6) is 0 Å². The molecule has 1 atom stereocenters. The minimum Gasteiger partial charge on any atom is -0.394 e. The molecule has 19 heavy (non-hydrogen) atoms. The number of hydrogen-bond acceptors (Lipinski definition) is 3. The Morgan fingerprint density at radius 2 is 1.74 bits per heavy atom. The molecule has 0 radical (unpaired) electrons. The maximum Gasteiger partial charge on any atom is 0.228 e. The first-order chi connectivity index (χ1) is 8.99. The quantitative estimate of drug-likeness (QED) is 0.743. The van der Waals surface area contributed by atoms with Gasteiger partial charge in [-0.25, -0.2) is 0 Å². The van der Waals surface area contributed by atoms with Crippen LogP contribution in [0.2, 0.25) is 5.02 Å². The molecule has 1 amide bonds. The number of halogens is 1. The molecular formula is C14H20ClNO3. The lowest BCUT2D eigenvalue weighted by Crippen LogP contribution is -2.43. The van der Waals surface area contributed by atoms with E-state index in [0.29, 0.717) is 5.02 Å². The molecule has 0 aliphatic heterocycles. The van der Waals surface area contributed by atoms with E-state index in [9.17, 15) is 4.79 Å². The van der Waals surface area contributed by atoms with Gasteiger partial charge < -0.3 is 15.5 Å². The van der Waals surface area contributed by atoms with Crippen LogP contribution in [0.25, 0.3) is 0 Å². The molecule has 0 aromatic heterocycles. The summed E-state index contributed by atoms with van der Waals surface area (Å²) in [5.74, 6) is -0.442. The summed E-state index contributed by atoms with van der Waals surface area (Å²) in [7, 11) is 0. The number of carbonyl (C=O) groups is 1. The molecular weight excluding hydrogens is 266 g/mol. The molecule has 0 saturated carbocycles. The number of hydrogen-bond donors (Lipinski definition) is 3. The van der Waals surface area contributed by atoms with Gasteiger partial charge in [0.25, 0.3) is 0 Å². The third-order valence-corrected chi connectivity index (χ3v) is 3.22. The van der Waals surface area contributed by atoms with Crippen LogP contribution in [0.1, 0.15) is 25.3 Å². The van der Waals surface area contributed by atoms with Crippen LogP contribution >= 0.6 is 11.6 Å². The summed E-state index contributed by atoms with van der Waals surface area (Å²) in [4.78, 5) is 12.2. The van der Waals surface area contributed by atoms with Crippen molar-refractivity contribution in [2.45, 2.75) is 25.8 Å². The van der Waals surface area contributed by atoms with E-state index in [0.717, 1.165) is 5.56 Å². The minimum absolute atomic E-state index is 0.0965. The lowest BCUT2D eigenvalue weighted by Gasteiger charge is -2.23. The van der Waals surface area contributed by atoms with E-state index in [1.165, 1.54) is 0 Å². The lowest BCUT2D eigenvalue weighted by atomic mass is 9.87. The molecule has 0 heterocycles. The van der Waals surface area contributed by atoms with Crippen LogP contribution in [0.4, 0.5) is 0 Å². The van der Waals surface area contributed by atoms with E-state index in [2.05, 4.69) is 5.32 Å². The number of aliphatic hydroxyl groups is 2. The zero-order chi connectivity index (χ0) is 14.4. The average molecular weight is 286 g/mol. The van der Waals surface area contributed by atoms with Gasteiger partial charge in [-0.3, -0.25) is 4.79 Å². The van der Waals surface area contributed by atoms with Gasteiger partial charge in [0, 0.05) is 5.02 Å². The highest BCUT2D eigenvalue weighted by molar-refractivity contribution is 6.30. The van der Waals surface area contributed by atoms with Gasteiger partial charge in [0.1, 0.15) is 0 Å². The normalized spacial score (nSPS) is 12.8. The van der Waals surface area contributed by atoms with Gasteiger partial charge >= 0.3 is 0 Å². The van der Waals surface area contributed by atoms with E-state index in [4.69, 9.17) is 21.8 Å². The summed E-state index contributed by atoms with van der Waals surface area (Å²) in [5, 5.41) is 21.3. The fraction of sp³-hybridized carbons (Fsp3) is 0.500. The third kappa shape index (κ3) is 4.49. The lowest BCUT2D eigenvalue weighted by molar-refractivity contribution is -0.124. The van der Waals surface area contributed by atoms with E-state index in [1.54, 1.807) is 12.1 Å². The smallest absolute Gasteiger partial charge is 0.228 e. The molecule has 1 aromatic carbocycles. The fourth-order valence-electron chi connectivity index (χ4n) is 1.95. The highest BCUT2D eigenvalue weighted by Gasteiger charge is 2.25. The van der Waals surface area contributed by atoms with Gasteiger partial charge in [-0.1, -0.05) is 37.6 Å². The molecule has 0 saturated heterocycles. The largest absolute Gasteiger partial charge is 0.394 e. The van der Waals surface area contributed by atoms with Crippen molar-refractivity contribution in [2.75, 3.05) is 13.2 Å². The summed E-state index contributed by atoms with van der Waals surface area (Å²) in [6.45, 7) is 3.33. The maximum atomic E-state index is 12.2. The second kappa shape index (κ2) is 7.48. The topological polar surface area (TPSA) is 69.6 Å². The number of nitrogens with one attached hydrogen (secondary N) is 1. The van der Waals surface area contributed by atoms with Crippen molar-refractivity contribution in [1.82, 2.24) is 5.32 Å². The van der Waals surface area contributed by atoms with Gasteiger partial charge in [-0.15, -0.1) is 0 Å². The molecule has 0 aliphatic carbocycles. The van der Waals surface area contributed by atoms with Crippen LogP contribution in [-0.4, -0.2) is 35.4 Å². The Morgan fingerprint density at radius 1 is 1.21 bits per heavy atom. The molecule has 0 spiro atoms. The molecule has 106 valence electrons. The minimum atomic E-state index is -0.624. The van der Waals surface area contributed by atoms with Crippen LogP contribution in [0.15, 0.2) is 24.3 Å². The van der Waals surface area contributed by atoms with Gasteiger partial charge in [0.2, 0.25) is 5.91 Å². The zero-order valence-electron chi connectivity index (χ0n) is 11.1. The first-order valence-corrected chi connectivity index (χ1v) is 6.65. The first-order valence-electron chi connectivity index (χ1n) is 6.27. The molecule has 0 fully saturated rings. The number of aliphatic hydroxyl groups excluding tert-OH is 2. The van der Waals surface area contributed by atoms with Crippen molar-refractivity contribution in [3.63, 3.8) is 0 Å². The molecule has 5 heteroatoms. The second-order valence-electron chi connectivity index (χ2n) is 4.84. The number of amides is 1. The predicted octanol–water partition coefficient (Wildman–Crippen LogP) is 1.55. The van der Waals surface area contributed by atoms with Crippen molar-refractivity contribution in [3.8, 4) is 0 Å². The van der Waals surface area contributed by atoms with E-state index in [1.807, 2.05) is 26.0 Å². The summed E-state index contributed by atoms with van der Waals surface area (Å²) in [6.07, 6.45) is 0. The van der Waals surface area contributed by atoms with Crippen LogP contribution in [-0.2, 0) is 4.79 Å².